The molecule has 1 unspecified atom stereocenters. The molecule has 0 amide bonds. The van der Waals surface area contributed by atoms with Gasteiger partial charge in [-0.3, -0.25) is 10.4 Å². The first-order chi connectivity index (χ1) is 17.4. The van der Waals surface area contributed by atoms with Crippen LogP contribution in [0.3, 0.4) is 0 Å². The molecule has 1 atom stereocenters. The minimum absolute atomic E-state index is 0.0232. The predicted octanol–water partition coefficient (Wildman–Crippen LogP) is 1.99. The average Bonchev–Trinajstić information content (AvgIpc) is 3.57. The Morgan fingerprint density at radius 2 is 1.56 bits per heavy atom. The summed E-state index contributed by atoms with van der Waals surface area (Å²) in [6.45, 7) is 4.07. The molecule has 0 spiro atoms. The first-order valence-electron chi connectivity index (χ1n) is 11.6. The van der Waals surface area contributed by atoms with Gasteiger partial charge in [-0.15, -0.1) is 0 Å². The second-order valence-corrected chi connectivity index (χ2v) is 9.94. The summed E-state index contributed by atoms with van der Waals surface area (Å²) in [5.74, 6) is 0.962. The highest BCUT2D eigenvalue weighted by molar-refractivity contribution is 7.50. The SMILES string of the molecule is CC(NN=Cc1c2ccccc2c(C=NNC2=NCCN2P(=O)(O)O)c2ccccc12)C1=NCCN1. The molecule has 2 heterocycles. The van der Waals surface area contributed by atoms with Crippen molar-refractivity contribution in [2.75, 3.05) is 26.2 Å². The normalized spacial score (nSPS) is 17.1. The number of guanidine groups is 1. The molecular weight excluding hydrogens is 479 g/mol. The zero-order chi connectivity index (χ0) is 25.1. The van der Waals surface area contributed by atoms with Crippen LogP contribution in [0.4, 0.5) is 0 Å². The minimum Gasteiger partial charge on any atom is -0.370 e. The Morgan fingerprint density at radius 1 is 0.972 bits per heavy atom. The molecule has 3 aromatic carbocycles. The molecule has 186 valence electrons. The maximum Gasteiger partial charge on any atom is 0.432 e. The number of nitrogens with one attached hydrogen (secondary N) is 3. The van der Waals surface area contributed by atoms with Crippen molar-refractivity contribution in [1.29, 1.82) is 0 Å². The highest BCUT2D eigenvalue weighted by Crippen LogP contribution is 2.41. The number of aliphatic imine (C=N–C) groups is 2. The number of nitrogens with zero attached hydrogens (tertiary/aromatic N) is 5. The van der Waals surface area contributed by atoms with E-state index in [1.54, 1.807) is 6.21 Å². The summed E-state index contributed by atoms with van der Waals surface area (Å²) in [6, 6.07) is 16.0. The van der Waals surface area contributed by atoms with E-state index in [2.05, 4.69) is 36.4 Å². The van der Waals surface area contributed by atoms with Gasteiger partial charge in [0.25, 0.3) is 0 Å². The fraction of sp³-hybridized carbons (Fsp3) is 0.250. The summed E-state index contributed by atoms with van der Waals surface area (Å²) in [7, 11) is -4.46. The Balaban J connectivity index is 1.50. The van der Waals surface area contributed by atoms with Crippen LogP contribution in [0, 0.1) is 0 Å². The fourth-order valence-corrected chi connectivity index (χ4v) is 5.10. The number of hydrogen-bond donors (Lipinski definition) is 5. The van der Waals surface area contributed by atoms with Gasteiger partial charge in [0.15, 0.2) is 0 Å². The van der Waals surface area contributed by atoms with Crippen LogP contribution in [-0.4, -0.2) is 70.9 Å². The number of amidine groups is 1. The van der Waals surface area contributed by atoms with Crippen LogP contribution in [0.5, 0.6) is 0 Å². The van der Waals surface area contributed by atoms with Crippen LogP contribution >= 0.6 is 7.75 Å². The molecule has 11 nitrogen and oxygen atoms in total. The zero-order valence-corrected chi connectivity index (χ0v) is 20.6. The molecule has 2 aliphatic heterocycles. The third-order valence-electron chi connectivity index (χ3n) is 6.08. The molecule has 0 aromatic heterocycles. The molecule has 2 aliphatic rings. The second kappa shape index (κ2) is 10.1. The molecule has 5 N–H and O–H groups in total. The van der Waals surface area contributed by atoms with E-state index in [1.807, 2.05) is 61.7 Å². The summed E-state index contributed by atoms with van der Waals surface area (Å²) in [5.41, 5.74) is 7.71. The molecule has 5 rings (SSSR count). The Labute approximate surface area is 207 Å². The molecule has 0 saturated carbocycles. The standard InChI is InChI=1S/C24H27N8O3P/c1-16(23-25-10-11-26-23)30-28-14-21-17-6-2-4-8-19(17)22(20-9-5-3-7-18(20)21)15-29-31-24-27-12-13-32(24)36(33,34)35/h2-9,14-16,30H,10-13H2,1H3,(H,25,26)(H,27,31)(H2,33,34,35). The highest BCUT2D eigenvalue weighted by Gasteiger charge is 2.31. The Kier molecular flexibility index (Phi) is 6.69. The van der Waals surface area contributed by atoms with Crippen molar-refractivity contribution >= 4 is 53.5 Å². The van der Waals surface area contributed by atoms with Gasteiger partial charge in [0, 0.05) is 17.7 Å². The highest BCUT2D eigenvalue weighted by atomic mass is 31.2. The lowest BCUT2D eigenvalue weighted by molar-refractivity contribution is 0.320. The number of benzene rings is 3. The number of hydrogen-bond acceptors (Lipinski definition) is 8. The van der Waals surface area contributed by atoms with E-state index in [0.29, 0.717) is 6.54 Å². The maximum absolute atomic E-state index is 11.7. The first kappa shape index (κ1) is 23.9. The number of fused-ring (bicyclic) bond motifs is 2. The van der Waals surface area contributed by atoms with E-state index in [-0.39, 0.29) is 18.5 Å². The largest absolute Gasteiger partial charge is 0.432 e. The van der Waals surface area contributed by atoms with E-state index >= 15 is 0 Å². The van der Waals surface area contributed by atoms with Gasteiger partial charge in [0.05, 0.1) is 38.1 Å². The van der Waals surface area contributed by atoms with Crippen molar-refractivity contribution in [3.8, 4) is 0 Å². The van der Waals surface area contributed by atoms with Crippen LogP contribution in [0.2, 0.25) is 0 Å². The van der Waals surface area contributed by atoms with Crippen molar-refractivity contribution < 1.29 is 14.4 Å². The smallest absolute Gasteiger partial charge is 0.370 e. The summed E-state index contributed by atoms with van der Waals surface area (Å²) >= 11 is 0. The lowest BCUT2D eigenvalue weighted by Gasteiger charge is -2.19. The minimum atomic E-state index is -4.46. The lowest BCUT2D eigenvalue weighted by atomic mass is 9.92. The Morgan fingerprint density at radius 3 is 2.08 bits per heavy atom. The summed E-state index contributed by atoms with van der Waals surface area (Å²) in [5, 5.41) is 16.0. The van der Waals surface area contributed by atoms with Gasteiger partial charge in [0.2, 0.25) is 5.96 Å². The molecule has 3 aromatic rings. The van der Waals surface area contributed by atoms with E-state index in [0.717, 1.165) is 56.3 Å². The van der Waals surface area contributed by atoms with Gasteiger partial charge in [-0.1, -0.05) is 48.5 Å². The van der Waals surface area contributed by atoms with Gasteiger partial charge in [0.1, 0.15) is 5.84 Å². The van der Waals surface area contributed by atoms with Crippen LogP contribution in [0.25, 0.3) is 21.5 Å². The van der Waals surface area contributed by atoms with Gasteiger partial charge in [-0.05, 0) is 28.5 Å². The molecule has 0 radical (unpaired) electrons. The van der Waals surface area contributed by atoms with E-state index in [4.69, 9.17) is 0 Å². The van der Waals surface area contributed by atoms with Gasteiger partial charge >= 0.3 is 7.75 Å². The Hall–Kier alpha value is -3.79. The Bertz CT molecular complexity index is 1410. The molecule has 0 fully saturated rings. The van der Waals surface area contributed by atoms with Crippen molar-refractivity contribution in [3.05, 3.63) is 59.7 Å². The first-order valence-corrected chi connectivity index (χ1v) is 13.2. The van der Waals surface area contributed by atoms with Crippen molar-refractivity contribution in [3.63, 3.8) is 0 Å². The van der Waals surface area contributed by atoms with Crippen LogP contribution in [0.15, 0.2) is 68.7 Å². The molecule has 0 saturated heterocycles. The van der Waals surface area contributed by atoms with Crippen LogP contribution < -0.4 is 16.2 Å². The van der Waals surface area contributed by atoms with Crippen molar-refractivity contribution in [1.82, 2.24) is 20.8 Å². The quantitative estimate of drug-likeness (QED) is 0.143. The number of hydrazone groups is 2. The number of rotatable bonds is 7. The monoisotopic (exact) mass is 506 g/mol. The van der Waals surface area contributed by atoms with Crippen molar-refractivity contribution in [2.45, 2.75) is 13.0 Å². The topological polar surface area (TPSA) is 146 Å². The lowest BCUT2D eigenvalue weighted by Crippen LogP contribution is -2.37. The third-order valence-corrected chi connectivity index (χ3v) is 7.10. The van der Waals surface area contributed by atoms with Gasteiger partial charge < -0.3 is 15.1 Å². The van der Waals surface area contributed by atoms with E-state index < -0.39 is 7.75 Å². The van der Waals surface area contributed by atoms with E-state index in [9.17, 15) is 14.4 Å². The van der Waals surface area contributed by atoms with Gasteiger partial charge in [-0.25, -0.2) is 19.7 Å². The average molecular weight is 507 g/mol. The fourth-order valence-electron chi connectivity index (χ4n) is 4.39. The van der Waals surface area contributed by atoms with Gasteiger partial charge in [-0.2, -0.15) is 10.2 Å². The summed E-state index contributed by atoms with van der Waals surface area (Å²) < 4.78 is 12.6. The molecule has 0 aliphatic carbocycles. The third kappa shape index (κ3) is 4.81. The molecule has 36 heavy (non-hydrogen) atoms. The van der Waals surface area contributed by atoms with Crippen LogP contribution in [0.1, 0.15) is 18.1 Å². The predicted molar refractivity (Wildman–Crippen MR) is 144 cm³/mol. The second-order valence-electron chi connectivity index (χ2n) is 8.43. The van der Waals surface area contributed by atoms with Crippen molar-refractivity contribution in [2.24, 2.45) is 20.2 Å². The molecular formula is C24H27N8O3P. The summed E-state index contributed by atoms with van der Waals surface area (Å²) in [4.78, 5) is 27.6. The molecule has 12 heteroatoms. The maximum atomic E-state index is 11.7. The zero-order valence-electron chi connectivity index (χ0n) is 19.7. The molecule has 0 bridgehead atoms. The summed E-state index contributed by atoms with van der Waals surface area (Å²) in [6.07, 6.45) is 3.50. The van der Waals surface area contributed by atoms with E-state index in [1.165, 1.54) is 0 Å². The van der Waals surface area contributed by atoms with Crippen LogP contribution in [-0.2, 0) is 4.57 Å².